The highest BCUT2D eigenvalue weighted by Crippen LogP contribution is 2.27. The molecule has 148 valence electrons. The van der Waals surface area contributed by atoms with Crippen molar-refractivity contribution in [3.63, 3.8) is 0 Å². The van der Waals surface area contributed by atoms with E-state index in [0.29, 0.717) is 12.5 Å². The summed E-state index contributed by atoms with van der Waals surface area (Å²) in [6.07, 6.45) is 13.2. The van der Waals surface area contributed by atoms with Crippen LogP contribution < -0.4 is 16.0 Å². The molecule has 1 saturated heterocycles. The second kappa shape index (κ2) is 11.6. The van der Waals surface area contributed by atoms with Gasteiger partial charge in [-0.1, -0.05) is 19.3 Å². The van der Waals surface area contributed by atoms with Crippen LogP contribution in [0.1, 0.15) is 44.9 Å². The third-order valence-corrected chi connectivity index (χ3v) is 5.54. The van der Waals surface area contributed by atoms with Crippen LogP contribution in [0.25, 0.3) is 0 Å². The Balaban J connectivity index is 0.00000169. The molecule has 1 aromatic rings. The minimum atomic E-state index is 0. The average Bonchev–Trinajstić information content (AvgIpc) is 2.67. The van der Waals surface area contributed by atoms with Crippen molar-refractivity contribution >= 4 is 36.5 Å². The molecule has 26 heavy (non-hydrogen) atoms. The van der Waals surface area contributed by atoms with E-state index >= 15 is 0 Å². The second-order valence-corrected chi connectivity index (χ2v) is 7.07. The van der Waals surface area contributed by atoms with Gasteiger partial charge >= 0.3 is 0 Å². The Morgan fingerprint density at radius 1 is 1.15 bits per heavy atom. The Labute approximate surface area is 168 Å². The van der Waals surface area contributed by atoms with Crippen molar-refractivity contribution in [2.75, 3.05) is 24.5 Å². The number of halogens is 2. The van der Waals surface area contributed by atoms with Gasteiger partial charge in [0, 0.05) is 44.0 Å². The van der Waals surface area contributed by atoms with E-state index in [1.807, 2.05) is 0 Å². The number of carbonyl (C=O) groups is 1. The third kappa shape index (κ3) is 5.96. The molecule has 1 aliphatic carbocycles. The number of amides is 1. The van der Waals surface area contributed by atoms with Crippen LogP contribution in [0.4, 0.5) is 5.82 Å². The molecule has 0 radical (unpaired) electrons. The largest absolute Gasteiger partial charge is 0.355 e. The molecule has 1 atom stereocenters. The van der Waals surface area contributed by atoms with Crippen molar-refractivity contribution in [1.82, 2.24) is 15.3 Å². The standard InChI is InChI=1S/C18H29N5O.2ClH/c19-12-16(14-4-2-1-3-5-14)22-18(24)15-6-10-23(11-7-15)17-13-20-8-9-21-17;;/h8-9,13-16H,1-7,10-12,19H2,(H,22,24);2*1H. The fourth-order valence-electron chi connectivity index (χ4n) is 4.03. The van der Waals surface area contributed by atoms with E-state index in [2.05, 4.69) is 20.2 Å². The highest BCUT2D eigenvalue weighted by Gasteiger charge is 2.29. The predicted octanol–water partition coefficient (Wildman–Crippen LogP) is 2.56. The summed E-state index contributed by atoms with van der Waals surface area (Å²) in [5.74, 6) is 1.75. The lowest BCUT2D eigenvalue weighted by molar-refractivity contribution is -0.126. The van der Waals surface area contributed by atoms with Gasteiger partial charge in [0.25, 0.3) is 0 Å². The molecular formula is C18H31Cl2N5O. The monoisotopic (exact) mass is 403 g/mol. The average molecular weight is 404 g/mol. The Morgan fingerprint density at radius 2 is 1.85 bits per heavy atom. The number of hydrogen-bond acceptors (Lipinski definition) is 5. The first-order valence-corrected chi connectivity index (χ1v) is 9.29. The molecule has 8 heteroatoms. The SMILES string of the molecule is Cl.Cl.NCC(NC(=O)C1CCN(c2cnccn2)CC1)C1CCCCC1. The first kappa shape index (κ1) is 22.9. The lowest BCUT2D eigenvalue weighted by atomic mass is 9.83. The lowest BCUT2D eigenvalue weighted by Gasteiger charge is -2.34. The number of piperidine rings is 1. The van der Waals surface area contributed by atoms with Crippen molar-refractivity contribution in [3.05, 3.63) is 18.6 Å². The van der Waals surface area contributed by atoms with Gasteiger partial charge in [0.2, 0.25) is 5.91 Å². The fraction of sp³-hybridized carbons (Fsp3) is 0.722. The number of anilines is 1. The quantitative estimate of drug-likeness (QED) is 0.788. The van der Waals surface area contributed by atoms with E-state index in [1.165, 1.54) is 32.1 Å². The van der Waals surface area contributed by atoms with Gasteiger partial charge < -0.3 is 16.0 Å². The number of nitrogens with zero attached hydrogens (tertiary/aromatic N) is 3. The smallest absolute Gasteiger partial charge is 0.223 e. The summed E-state index contributed by atoms with van der Waals surface area (Å²) in [6.45, 7) is 2.26. The molecule has 0 bridgehead atoms. The maximum Gasteiger partial charge on any atom is 0.223 e. The number of nitrogens with two attached hydrogens (primary N) is 1. The number of carbonyl (C=O) groups excluding carboxylic acids is 1. The van der Waals surface area contributed by atoms with Crippen LogP contribution in [-0.2, 0) is 4.79 Å². The molecule has 3 N–H and O–H groups in total. The fourth-order valence-corrected chi connectivity index (χ4v) is 4.03. The first-order valence-electron chi connectivity index (χ1n) is 9.29. The van der Waals surface area contributed by atoms with Gasteiger partial charge in [-0.3, -0.25) is 9.78 Å². The van der Waals surface area contributed by atoms with Crippen LogP contribution >= 0.6 is 24.8 Å². The van der Waals surface area contributed by atoms with Crippen molar-refractivity contribution in [2.45, 2.75) is 51.0 Å². The number of aromatic nitrogens is 2. The van der Waals surface area contributed by atoms with Gasteiger partial charge in [-0.25, -0.2) is 4.98 Å². The van der Waals surface area contributed by atoms with Crippen molar-refractivity contribution < 1.29 is 4.79 Å². The highest BCUT2D eigenvalue weighted by atomic mass is 35.5. The van der Waals surface area contributed by atoms with E-state index in [-0.39, 0.29) is 42.7 Å². The van der Waals surface area contributed by atoms with Crippen molar-refractivity contribution in [3.8, 4) is 0 Å². The summed E-state index contributed by atoms with van der Waals surface area (Å²) in [6, 6.07) is 0.149. The summed E-state index contributed by atoms with van der Waals surface area (Å²) in [5, 5.41) is 3.25. The van der Waals surface area contributed by atoms with Crippen LogP contribution in [-0.4, -0.2) is 41.6 Å². The zero-order chi connectivity index (χ0) is 16.8. The van der Waals surface area contributed by atoms with E-state index in [1.54, 1.807) is 18.6 Å². The van der Waals surface area contributed by atoms with Crippen molar-refractivity contribution in [1.29, 1.82) is 0 Å². The van der Waals surface area contributed by atoms with Gasteiger partial charge in [-0.2, -0.15) is 0 Å². The molecule has 2 aliphatic rings. The summed E-state index contributed by atoms with van der Waals surface area (Å²) >= 11 is 0. The first-order chi connectivity index (χ1) is 11.8. The van der Waals surface area contributed by atoms with Crippen LogP contribution in [0, 0.1) is 11.8 Å². The molecule has 1 aromatic heterocycles. The number of rotatable bonds is 5. The van der Waals surface area contributed by atoms with Crippen molar-refractivity contribution in [2.24, 2.45) is 17.6 Å². The molecule has 1 unspecified atom stereocenters. The normalized spacial score (nSPS) is 19.8. The molecule has 2 fully saturated rings. The minimum Gasteiger partial charge on any atom is -0.355 e. The molecule has 6 nitrogen and oxygen atoms in total. The van der Waals surface area contributed by atoms with Crippen LogP contribution in [0.5, 0.6) is 0 Å². The van der Waals surface area contributed by atoms with E-state index in [9.17, 15) is 4.79 Å². The number of nitrogens with one attached hydrogen (secondary N) is 1. The van der Waals surface area contributed by atoms with E-state index in [0.717, 1.165) is 31.7 Å². The molecule has 2 heterocycles. The Morgan fingerprint density at radius 3 is 2.42 bits per heavy atom. The zero-order valence-electron chi connectivity index (χ0n) is 15.2. The Kier molecular flexibility index (Phi) is 10.2. The molecule has 1 aliphatic heterocycles. The predicted molar refractivity (Wildman–Crippen MR) is 109 cm³/mol. The molecule has 0 spiro atoms. The second-order valence-electron chi connectivity index (χ2n) is 7.07. The van der Waals surface area contributed by atoms with Crippen LogP contribution in [0.15, 0.2) is 18.6 Å². The molecule has 1 saturated carbocycles. The van der Waals surface area contributed by atoms with Crippen LogP contribution in [0.2, 0.25) is 0 Å². The van der Waals surface area contributed by atoms with Gasteiger partial charge in [-0.15, -0.1) is 24.8 Å². The van der Waals surface area contributed by atoms with Gasteiger partial charge in [-0.05, 0) is 31.6 Å². The topological polar surface area (TPSA) is 84.1 Å². The Hall–Kier alpha value is -1.11. The summed E-state index contributed by atoms with van der Waals surface area (Å²) in [4.78, 5) is 23.3. The molecule has 0 aromatic carbocycles. The lowest BCUT2D eigenvalue weighted by Crippen LogP contribution is -2.49. The van der Waals surface area contributed by atoms with E-state index < -0.39 is 0 Å². The van der Waals surface area contributed by atoms with Gasteiger partial charge in [0.05, 0.1) is 6.20 Å². The summed E-state index contributed by atoms with van der Waals surface area (Å²) in [7, 11) is 0. The summed E-state index contributed by atoms with van der Waals surface area (Å²) < 4.78 is 0. The van der Waals surface area contributed by atoms with Gasteiger partial charge in [0.15, 0.2) is 0 Å². The molecule has 1 amide bonds. The Bertz CT molecular complexity index is 520. The summed E-state index contributed by atoms with van der Waals surface area (Å²) in [5.41, 5.74) is 5.94. The van der Waals surface area contributed by atoms with E-state index in [4.69, 9.17) is 5.73 Å². The number of hydrogen-bond donors (Lipinski definition) is 2. The molecule has 3 rings (SSSR count). The minimum absolute atomic E-state index is 0. The van der Waals surface area contributed by atoms with Crippen LogP contribution in [0.3, 0.4) is 0 Å². The maximum absolute atomic E-state index is 12.6. The molecular weight excluding hydrogens is 373 g/mol. The maximum atomic E-state index is 12.6. The third-order valence-electron chi connectivity index (χ3n) is 5.54. The van der Waals surface area contributed by atoms with Gasteiger partial charge in [0.1, 0.15) is 5.82 Å². The zero-order valence-corrected chi connectivity index (χ0v) is 16.8. The highest BCUT2D eigenvalue weighted by molar-refractivity contribution is 5.85.